The number of ether oxygens (including phenoxy) is 2. The van der Waals surface area contributed by atoms with Crippen molar-refractivity contribution >= 4 is 11.3 Å². The second-order valence-electron chi connectivity index (χ2n) is 9.63. The number of hydrogen-bond acceptors (Lipinski definition) is 8. The van der Waals surface area contributed by atoms with Gasteiger partial charge in [-0.2, -0.15) is 10.4 Å². The largest absolute Gasteiger partial charge is 0.492 e. The summed E-state index contributed by atoms with van der Waals surface area (Å²) in [5, 5.41) is 14.0. The van der Waals surface area contributed by atoms with Gasteiger partial charge >= 0.3 is 0 Å². The summed E-state index contributed by atoms with van der Waals surface area (Å²) in [5.74, 6) is 2.71. The maximum absolute atomic E-state index is 9.62. The second-order valence-corrected chi connectivity index (χ2v) is 9.63. The third-order valence-electron chi connectivity index (χ3n) is 6.46. The third-order valence-corrected chi connectivity index (χ3v) is 6.46. The van der Waals surface area contributed by atoms with Crippen molar-refractivity contribution in [3.8, 4) is 28.8 Å². The van der Waals surface area contributed by atoms with Crippen LogP contribution in [0.3, 0.4) is 0 Å². The van der Waals surface area contributed by atoms with Crippen LogP contribution in [0.4, 0.5) is 5.82 Å². The third kappa shape index (κ3) is 5.49. The molecule has 1 aliphatic rings. The first-order chi connectivity index (χ1) is 18.0. The molecule has 1 fully saturated rings. The van der Waals surface area contributed by atoms with Crippen molar-refractivity contribution < 1.29 is 9.47 Å². The highest BCUT2D eigenvalue weighted by Crippen LogP contribution is 2.31. The topological polar surface area (TPSA) is 91.8 Å². The number of aromatic nitrogens is 4. The molecule has 190 valence electrons. The average molecular weight is 498 g/mol. The zero-order chi connectivity index (χ0) is 25.8. The van der Waals surface area contributed by atoms with Gasteiger partial charge in [0, 0.05) is 62.3 Å². The molecule has 4 aromatic heterocycles. The Labute approximate surface area is 216 Å². The fourth-order valence-corrected chi connectivity index (χ4v) is 4.49. The SMILES string of the molecule is COc1ccc(CN2CCN(c3ccc(-c4cc(OCC(C)C)cn5ncc(C#N)c45)cn3)CC2)cn1. The van der Waals surface area contributed by atoms with E-state index in [1.807, 2.05) is 30.7 Å². The molecule has 0 saturated carbocycles. The van der Waals surface area contributed by atoms with E-state index in [4.69, 9.17) is 14.5 Å². The van der Waals surface area contributed by atoms with Crippen LogP contribution in [-0.2, 0) is 6.54 Å². The summed E-state index contributed by atoms with van der Waals surface area (Å²) >= 11 is 0. The van der Waals surface area contributed by atoms with Gasteiger partial charge in [0.1, 0.15) is 17.6 Å². The molecule has 0 spiro atoms. The van der Waals surface area contributed by atoms with Crippen LogP contribution in [0.1, 0.15) is 25.0 Å². The Kier molecular flexibility index (Phi) is 7.19. The van der Waals surface area contributed by atoms with E-state index < -0.39 is 0 Å². The average Bonchev–Trinajstić information content (AvgIpc) is 3.35. The van der Waals surface area contributed by atoms with E-state index in [1.165, 1.54) is 5.56 Å². The minimum Gasteiger partial charge on any atom is -0.492 e. The molecule has 0 aromatic carbocycles. The molecule has 5 rings (SSSR count). The van der Waals surface area contributed by atoms with Gasteiger partial charge in [-0.3, -0.25) is 4.90 Å². The summed E-state index contributed by atoms with van der Waals surface area (Å²) in [6.45, 7) is 9.41. The molecule has 0 aliphatic carbocycles. The van der Waals surface area contributed by atoms with Crippen molar-refractivity contribution in [1.29, 1.82) is 5.26 Å². The summed E-state index contributed by atoms with van der Waals surface area (Å²) < 4.78 is 12.8. The van der Waals surface area contributed by atoms with Crippen molar-refractivity contribution in [3.05, 3.63) is 66.2 Å². The number of pyridine rings is 3. The first kappa shape index (κ1) is 24.5. The predicted octanol–water partition coefficient (Wildman–Crippen LogP) is 4.03. The lowest BCUT2D eigenvalue weighted by atomic mass is 10.1. The Morgan fingerprint density at radius 2 is 1.86 bits per heavy atom. The Hall–Kier alpha value is -4.16. The molecule has 37 heavy (non-hydrogen) atoms. The molecule has 0 atom stereocenters. The normalized spacial score (nSPS) is 14.2. The molecular weight excluding hydrogens is 466 g/mol. The number of methoxy groups -OCH3 is 1. The lowest BCUT2D eigenvalue weighted by Crippen LogP contribution is -2.46. The highest BCUT2D eigenvalue weighted by atomic mass is 16.5. The standard InChI is InChI=1S/C28H31N7O2/c1-20(2)19-37-24-12-25(28-23(13-29)16-32-35(28)18-24)22-5-6-26(30-15-22)34-10-8-33(9-11-34)17-21-4-7-27(36-3)31-14-21/h4-7,12,14-16,18,20H,8-11,17,19H2,1-3H3. The van der Waals surface area contributed by atoms with Crippen molar-refractivity contribution in [2.45, 2.75) is 20.4 Å². The van der Waals surface area contributed by atoms with E-state index in [0.29, 0.717) is 24.0 Å². The van der Waals surface area contributed by atoms with E-state index in [0.717, 1.165) is 60.9 Å². The molecule has 1 aliphatic heterocycles. The molecule has 1 saturated heterocycles. The number of fused-ring (bicyclic) bond motifs is 1. The van der Waals surface area contributed by atoms with E-state index >= 15 is 0 Å². The van der Waals surface area contributed by atoms with Crippen molar-refractivity contribution in [2.75, 3.05) is 44.8 Å². The minimum atomic E-state index is 0.403. The van der Waals surface area contributed by atoms with Gasteiger partial charge in [-0.15, -0.1) is 0 Å². The van der Waals surface area contributed by atoms with Crippen LogP contribution in [0.5, 0.6) is 11.6 Å². The fraction of sp³-hybridized carbons (Fsp3) is 0.357. The van der Waals surface area contributed by atoms with Gasteiger partial charge in [0.25, 0.3) is 0 Å². The van der Waals surface area contributed by atoms with E-state index in [2.05, 4.69) is 58.0 Å². The first-order valence-corrected chi connectivity index (χ1v) is 12.5. The van der Waals surface area contributed by atoms with Crippen molar-refractivity contribution in [2.24, 2.45) is 5.92 Å². The van der Waals surface area contributed by atoms with Crippen LogP contribution >= 0.6 is 0 Å². The van der Waals surface area contributed by atoms with Crippen molar-refractivity contribution in [1.82, 2.24) is 24.5 Å². The molecule has 0 radical (unpaired) electrons. The monoisotopic (exact) mass is 497 g/mol. The lowest BCUT2D eigenvalue weighted by Gasteiger charge is -2.35. The number of nitriles is 1. The predicted molar refractivity (Wildman–Crippen MR) is 142 cm³/mol. The molecule has 0 amide bonds. The minimum absolute atomic E-state index is 0.403. The summed E-state index contributed by atoms with van der Waals surface area (Å²) in [4.78, 5) is 13.8. The van der Waals surface area contributed by atoms with Crippen LogP contribution < -0.4 is 14.4 Å². The van der Waals surface area contributed by atoms with Gasteiger partial charge in [0.05, 0.1) is 37.2 Å². The molecule has 0 bridgehead atoms. The van der Waals surface area contributed by atoms with E-state index in [1.54, 1.807) is 17.8 Å². The Morgan fingerprint density at radius 1 is 1.03 bits per heavy atom. The molecule has 0 N–H and O–H groups in total. The Morgan fingerprint density at radius 3 is 2.51 bits per heavy atom. The molecule has 9 heteroatoms. The van der Waals surface area contributed by atoms with E-state index in [9.17, 15) is 5.26 Å². The Bertz CT molecular complexity index is 1380. The summed E-state index contributed by atoms with van der Waals surface area (Å²) in [7, 11) is 1.63. The summed E-state index contributed by atoms with van der Waals surface area (Å²) in [5.41, 5.74) is 4.27. The zero-order valence-electron chi connectivity index (χ0n) is 21.5. The first-order valence-electron chi connectivity index (χ1n) is 12.5. The van der Waals surface area contributed by atoms with Gasteiger partial charge in [-0.1, -0.05) is 19.9 Å². The highest BCUT2D eigenvalue weighted by molar-refractivity contribution is 5.85. The van der Waals surface area contributed by atoms with Crippen molar-refractivity contribution in [3.63, 3.8) is 0 Å². The number of nitrogens with zero attached hydrogens (tertiary/aromatic N) is 7. The quantitative estimate of drug-likeness (QED) is 0.360. The lowest BCUT2D eigenvalue weighted by molar-refractivity contribution is 0.249. The smallest absolute Gasteiger partial charge is 0.212 e. The van der Waals surface area contributed by atoms with Crippen LogP contribution in [0.15, 0.2) is 55.1 Å². The number of anilines is 1. The van der Waals surface area contributed by atoms with Gasteiger partial charge in [-0.05, 0) is 29.7 Å². The number of rotatable bonds is 8. The molecule has 5 heterocycles. The number of hydrogen-bond donors (Lipinski definition) is 0. The summed E-state index contributed by atoms with van der Waals surface area (Å²) in [6.07, 6.45) is 7.17. The highest BCUT2D eigenvalue weighted by Gasteiger charge is 2.19. The molecule has 4 aromatic rings. The van der Waals surface area contributed by atoms with Crippen LogP contribution in [0.2, 0.25) is 0 Å². The number of piperazine rings is 1. The van der Waals surface area contributed by atoms with Gasteiger partial charge in [-0.25, -0.2) is 14.5 Å². The van der Waals surface area contributed by atoms with Crippen LogP contribution in [0, 0.1) is 17.2 Å². The maximum atomic E-state index is 9.62. The molecule has 0 unspecified atom stereocenters. The second kappa shape index (κ2) is 10.8. The van der Waals surface area contributed by atoms with Gasteiger partial charge < -0.3 is 14.4 Å². The fourth-order valence-electron chi connectivity index (χ4n) is 4.49. The van der Waals surface area contributed by atoms with Gasteiger partial charge in [0.15, 0.2) is 0 Å². The summed E-state index contributed by atoms with van der Waals surface area (Å²) in [6, 6.07) is 12.3. The van der Waals surface area contributed by atoms with Crippen LogP contribution in [-0.4, -0.2) is 64.4 Å². The molecule has 9 nitrogen and oxygen atoms in total. The van der Waals surface area contributed by atoms with Gasteiger partial charge in [0.2, 0.25) is 5.88 Å². The molecular formula is C28H31N7O2. The Balaban J connectivity index is 1.30. The van der Waals surface area contributed by atoms with E-state index in [-0.39, 0.29) is 0 Å². The maximum Gasteiger partial charge on any atom is 0.212 e. The van der Waals surface area contributed by atoms with Crippen LogP contribution in [0.25, 0.3) is 16.6 Å². The zero-order valence-corrected chi connectivity index (χ0v) is 21.5.